The van der Waals surface area contributed by atoms with Crippen molar-refractivity contribution in [2.24, 2.45) is 5.92 Å². The van der Waals surface area contributed by atoms with Crippen LogP contribution in [0.3, 0.4) is 0 Å². The highest BCUT2D eigenvalue weighted by atomic mass is 35.5. The van der Waals surface area contributed by atoms with Crippen LogP contribution < -0.4 is 0 Å². The molecule has 0 spiro atoms. The number of hydrogen-bond acceptors (Lipinski definition) is 3. The van der Waals surface area contributed by atoms with Crippen LogP contribution in [0.2, 0.25) is 5.02 Å². The molecule has 0 bridgehead atoms. The Hall–Kier alpha value is -1.65. The van der Waals surface area contributed by atoms with E-state index >= 15 is 0 Å². The monoisotopic (exact) mass is 344 g/mol. The molecule has 0 aliphatic heterocycles. The van der Waals surface area contributed by atoms with Gasteiger partial charge in [0.05, 0.1) is 22.0 Å². The SMILES string of the molecule is Cc1nn(C(=O)c2c(Cl)cccc2C2CC2)c2c1CCC(CO)C2. The Balaban J connectivity index is 1.79. The van der Waals surface area contributed by atoms with Gasteiger partial charge in [-0.15, -0.1) is 0 Å². The number of halogens is 1. The minimum atomic E-state index is -0.134. The van der Waals surface area contributed by atoms with Crippen LogP contribution in [0, 0.1) is 12.8 Å². The second kappa shape index (κ2) is 6.01. The minimum absolute atomic E-state index is 0.134. The number of rotatable bonds is 3. The van der Waals surface area contributed by atoms with E-state index in [4.69, 9.17) is 11.6 Å². The second-order valence-corrected chi connectivity index (χ2v) is 7.40. The van der Waals surface area contributed by atoms with Crippen LogP contribution in [-0.2, 0) is 12.8 Å². The summed E-state index contributed by atoms with van der Waals surface area (Å²) < 4.78 is 1.54. The van der Waals surface area contributed by atoms with Gasteiger partial charge in [0.2, 0.25) is 0 Å². The highest BCUT2D eigenvalue weighted by molar-refractivity contribution is 6.34. The van der Waals surface area contributed by atoms with Gasteiger partial charge in [-0.3, -0.25) is 4.79 Å². The highest BCUT2D eigenvalue weighted by Crippen LogP contribution is 2.43. The third-order valence-electron chi connectivity index (χ3n) is 5.30. The molecule has 1 fully saturated rings. The van der Waals surface area contributed by atoms with Gasteiger partial charge < -0.3 is 5.11 Å². The Bertz CT molecular complexity index is 808. The number of carbonyl (C=O) groups excluding carboxylic acids is 1. The van der Waals surface area contributed by atoms with E-state index in [0.29, 0.717) is 22.9 Å². The van der Waals surface area contributed by atoms with Gasteiger partial charge in [-0.2, -0.15) is 5.10 Å². The van der Waals surface area contributed by atoms with Gasteiger partial charge in [0.15, 0.2) is 0 Å². The largest absolute Gasteiger partial charge is 0.396 e. The van der Waals surface area contributed by atoms with E-state index in [1.165, 1.54) is 0 Å². The maximum atomic E-state index is 13.3. The Morgan fingerprint density at radius 3 is 2.88 bits per heavy atom. The van der Waals surface area contributed by atoms with Gasteiger partial charge in [0, 0.05) is 6.61 Å². The van der Waals surface area contributed by atoms with Crippen molar-refractivity contribution in [3.8, 4) is 0 Å². The molecule has 4 rings (SSSR count). The zero-order chi connectivity index (χ0) is 16.8. The van der Waals surface area contributed by atoms with Gasteiger partial charge in [0.1, 0.15) is 0 Å². The van der Waals surface area contributed by atoms with Crippen molar-refractivity contribution in [3.05, 3.63) is 51.3 Å². The molecule has 4 nitrogen and oxygen atoms in total. The van der Waals surface area contributed by atoms with Gasteiger partial charge in [-0.25, -0.2) is 4.68 Å². The first-order valence-electron chi connectivity index (χ1n) is 8.61. The van der Waals surface area contributed by atoms with Gasteiger partial charge >= 0.3 is 0 Å². The van der Waals surface area contributed by atoms with Crippen LogP contribution >= 0.6 is 11.6 Å². The molecule has 1 aromatic heterocycles. The summed E-state index contributed by atoms with van der Waals surface area (Å²) in [6.07, 6.45) is 4.75. The Labute approximate surface area is 146 Å². The van der Waals surface area contributed by atoms with E-state index in [1.54, 1.807) is 10.7 Å². The van der Waals surface area contributed by atoms with E-state index in [2.05, 4.69) is 5.10 Å². The Morgan fingerprint density at radius 2 is 2.17 bits per heavy atom. The van der Waals surface area contributed by atoms with E-state index in [1.807, 2.05) is 19.1 Å². The molecule has 1 aromatic carbocycles. The molecular weight excluding hydrogens is 324 g/mol. The summed E-state index contributed by atoms with van der Waals surface area (Å²) >= 11 is 6.39. The number of nitrogens with zero attached hydrogens (tertiary/aromatic N) is 2. The van der Waals surface area contributed by atoms with Gasteiger partial charge in [0.25, 0.3) is 5.91 Å². The average molecular weight is 345 g/mol. The summed E-state index contributed by atoms with van der Waals surface area (Å²) in [5.74, 6) is 0.514. The lowest BCUT2D eigenvalue weighted by atomic mass is 9.87. The fraction of sp³-hybridized carbons (Fsp3) is 0.474. The summed E-state index contributed by atoms with van der Waals surface area (Å²) in [5.41, 5.74) is 4.66. The van der Waals surface area contributed by atoms with Gasteiger partial charge in [-0.05, 0) is 68.1 Å². The first kappa shape index (κ1) is 15.9. The van der Waals surface area contributed by atoms with Crippen molar-refractivity contribution >= 4 is 17.5 Å². The van der Waals surface area contributed by atoms with Crippen molar-refractivity contribution in [1.82, 2.24) is 9.78 Å². The molecule has 1 atom stereocenters. The van der Waals surface area contributed by atoms with Crippen molar-refractivity contribution in [2.45, 2.75) is 44.9 Å². The van der Waals surface area contributed by atoms with E-state index in [-0.39, 0.29) is 18.4 Å². The molecule has 2 aliphatic rings. The van der Waals surface area contributed by atoms with Crippen LogP contribution in [0.5, 0.6) is 0 Å². The molecule has 1 unspecified atom stereocenters. The second-order valence-electron chi connectivity index (χ2n) is 7.00. The first-order chi connectivity index (χ1) is 11.6. The zero-order valence-electron chi connectivity index (χ0n) is 13.8. The molecule has 0 radical (unpaired) electrons. The molecule has 5 heteroatoms. The van der Waals surface area contributed by atoms with Crippen molar-refractivity contribution in [1.29, 1.82) is 0 Å². The highest BCUT2D eigenvalue weighted by Gasteiger charge is 2.32. The lowest BCUT2D eigenvalue weighted by Crippen LogP contribution is -2.24. The molecule has 24 heavy (non-hydrogen) atoms. The number of fused-ring (bicyclic) bond motifs is 1. The van der Waals surface area contributed by atoms with Crippen LogP contribution in [0.4, 0.5) is 0 Å². The molecule has 0 amide bonds. The number of benzene rings is 1. The van der Waals surface area contributed by atoms with E-state index in [0.717, 1.165) is 48.2 Å². The lowest BCUT2D eigenvalue weighted by Gasteiger charge is -2.21. The lowest BCUT2D eigenvalue weighted by molar-refractivity contribution is 0.0937. The third kappa shape index (κ3) is 2.58. The molecule has 0 saturated heterocycles. The summed E-state index contributed by atoms with van der Waals surface area (Å²) in [6.45, 7) is 2.10. The Kier molecular flexibility index (Phi) is 3.97. The fourth-order valence-corrected chi connectivity index (χ4v) is 4.06. The Morgan fingerprint density at radius 1 is 1.38 bits per heavy atom. The number of aliphatic hydroxyl groups is 1. The van der Waals surface area contributed by atoms with Crippen LogP contribution in [0.25, 0.3) is 0 Å². The number of carbonyl (C=O) groups is 1. The molecule has 2 aromatic rings. The van der Waals surface area contributed by atoms with Crippen LogP contribution in [-0.4, -0.2) is 27.4 Å². The topological polar surface area (TPSA) is 55.1 Å². The number of aryl methyl sites for hydroxylation is 1. The maximum absolute atomic E-state index is 13.3. The molecular formula is C19H21ClN2O2. The number of aliphatic hydroxyl groups excluding tert-OH is 1. The molecule has 126 valence electrons. The predicted octanol–water partition coefficient (Wildman–Crippen LogP) is 3.51. The molecule has 1 heterocycles. The molecule has 1 saturated carbocycles. The summed E-state index contributed by atoms with van der Waals surface area (Å²) in [6, 6.07) is 5.70. The maximum Gasteiger partial charge on any atom is 0.280 e. The minimum Gasteiger partial charge on any atom is -0.396 e. The fourth-order valence-electron chi connectivity index (χ4n) is 3.80. The average Bonchev–Trinajstić information content (AvgIpc) is 3.38. The van der Waals surface area contributed by atoms with E-state index < -0.39 is 0 Å². The summed E-state index contributed by atoms with van der Waals surface area (Å²) in [7, 11) is 0. The normalized spacial score (nSPS) is 20.0. The predicted molar refractivity (Wildman–Crippen MR) is 92.7 cm³/mol. The zero-order valence-corrected chi connectivity index (χ0v) is 14.5. The summed E-state index contributed by atoms with van der Waals surface area (Å²) in [5, 5.41) is 14.5. The van der Waals surface area contributed by atoms with Crippen molar-refractivity contribution in [2.75, 3.05) is 6.61 Å². The first-order valence-corrected chi connectivity index (χ1v) is 8.99. The van der Waals surface area contributed by atoms with Crippen molar-refractivity contribution in [3.63, 3.8) is 0 Å². The smallest absolute Gasteiger partial charge is 0.280 e. The quantitative estimate of drug-likeness (QED) is 0.927. The van der Waals surface area contributed by atoms with Gasteiger partial charge in [-0.1, -0.05) is 23.7 Å². The van der Waals surface area contributed by atoms with E-state index in [9.17, 15) is 9.90 Å². The number of hydrogen-bond donors (Lipinski definition) is 1. The third-order valence-corrected chi connectivity index (χ3v) is 5.62. The van der Waals surface area contributed by atoms with Crippen LogP contribution in [0.1, 0.15) is 58.1 Å². The number of aromatic nitrogens is 2. The molecule has 2 aliphatic carbocycles. The summed E-state index contributed by atoms with van der Waals surface area (Å²) in [4.78, 5) is 13.3. The standard InChI is InChI=1S/C19H21ClN2O2/c1-11-14-8-5-12(10-23)9-17(14)22(21-11)19(24)18-15(13-6-7-13)3-2-4-16(18)20/h2-4,12-13,23H,5-10H2,1H3. The van der Waals surface area contributed by atoms with Crippen LogP contribution in [0.15, 0.2) is 18.2 Å². The van der Waals surface area contributed by atoms with Crippen molar-refractivity contribution < 1.29 is 9.90 Å². The molecule has 1 N–H and O–H groups in total.